The maximum Gasteiger partial charge on any atom is 0.0701 e. The van der Waals surface area contributed by atoms with Crippen LogP contribution in [0.4, 0.5) is 0 Å². The molecule has 0 atom stereocenters. The van der Waals surface area contributed by atoms with Crippen molar-refractivity contribution in [2.75, 3.05) is 52.9 Å². The molecule has 2 aliphatic rings. The summed E-state index contributed by atoms with van der Waals surface area (Å²) < 4.78 is 19.8. The van der Waals surface area contributed by atoms with Gasteiger partial charge in [-0.15, -0.1) is 0 Å². The first-order valence-corrected chi connectivity index (χ1v) is 6.72. The molecule has 2 saturated heterocycles. The summed E-state index contributed by atoms with van der Waals surface area (Å²) in [4.78, 5) is 0. The standard InChI is InChI=1S/C7H8.2C4H8O2/c1-7-5-3-2-4-6-7;2*1-2-6-4-3-5-1/h2-6H,1H3;2*1-4H2. The van der Waals surface area contributed by atoms with Gasteiger partial charge in [-0.3, -0.25) is 0 Å². The molecular formula is C15H24O4. The Hall–Kier alpha value is -0.940. The summed E-state index contributed by atoms with van der Waals surface area (Å²) in [6.45, 7) is 8.31. The van der Waals surface area contributed by atoms with E-state index in [1.54, 1.807) is 0 Å². The molecule has 0 N–H and O–H groups in total. The number of hydrogen-bond donors (Lipinski definition) is 0. The largest absolute Gasteiger partial charge is 0.377 e. The van der Waals surface area contributed by atoms with E-state index in [1.165, 1.54) is 5.56 Å². The average molecular weight is 268 g/mol. The Bertz CT molecular complexity index is 246. The summed E-state index contributed by atoms with van der Waals surface area (Å²) >= 11 is 0. The molecule has 3 rings (SSSR count). The average Bonchev–Trinajstić information content (AvgIpc) is 2.53. The fraction of sp³-hybridized carbons (Fsp3) is 0.600. The van der Waals surface area contributed by atoms with Crippen molar-refractivity contribution >= 4 is 0 Å². The van der Waals surface area contributed by atoms with Crippen LogP contribution in [0, 0.1) is 6.92 Å². The zero-order valence-corrected chi connectivity index (χ0v) is 11.7. The molecule has 1 aromatic carbocycles. The van der Waals surface area contributed by atoms with Gasteiger partial charge in [-0.2, -0.15) is 0 Å². The van der Waals surface area contributed by atoms with Gasteiger partial charge in [-0.25, -0.2) is 0 Å². The highest BCUT2D eigenvalue weighted by Crippen LogP contribution is 1.92. The fourth-order valence-corrected chi connectivity index (χ4v) is 1.41. The fourth-order valence-electron chi connectivity index (χ4n) is 1.41. The lowest BCUT2D eigenvalue weighted by Crippen LogP contribution is -2.16. The van der Waals surface area contributed by atoms with Gasteiger partial charge in [0, 0.05) is 0 Å². The van der Waals surface area contributed by atoms with Crippen LogP contribution < -0.4 is 0 Å². The summed E-state index contributed by atoms with van der Waals surface area (Å²) in [5.41, 5.74) is 1.32. The van der Waals surface area contributed by atoms with Gasteiger partial charge < -0.3 is 18.9 Å². The van der Waals surface area contributed by atoms with Gasteiger partial charge in [0.05, 0.1) is 52.9 Å². The van der Waals surface area contributed by atoms with Gasteiger partial charge >= 0.3 is 0 Å². The number of hydrogen-bond acceptors (Lipinski definition) is 4. The van der Waals surface area contributed by atoms with Crippen LogP contribution in [0.5, 0.6) is 0 Å². The van der Waals surface area contributed by atoms with Gasteiger partial charge in [0.1, 0.15) is 0 Å². The molecule has 0 radical (unpaired) electrons. The molecule has 0 amide bonds. The van der Waals surface area contributed by atoms with Crippen molar-refractivity contribution in [3.8, 4) is 0 Å². The second-order valence-electron chi connectivity index (χ2n) is 4.10. The Balaban J connectivity index is 0.000000143. The summed E-state index contributed by atoms with van der Waals surface area (Å²) in [5, 5.41) is 0. The van der Waals surface area contributed by atoms with Crippen LogP contribution in [0.25, 0.3) is 0 Å². The lowest BCUT2D eigenvalue weighted by molar-refractivity contribution is -0.0334. The van der Waals surface area contributed by atoms with Crippen molar-refractivity contribution in [3.05, 3.63) is 35.9 Å². The zero-order valence-electron chi connectivity index (χ0n) is 11.7. The predicted molar refractivity (Wildman–Crippen MR) is 74.5 cm³/mol. The zero-order chi connectivity index (χ0) is 13.6. The molecule has 0 unspecified atom stereocenters. The summed E-state index contributed by atoms with van der Waals surface area (Å²) in [5.74, 6) is 0. The summed E-state index contributed by atoms with van der Waals surface area (Å²) in [6, 6.07) is 10.3. The van der Waals surface area contributed by atoms with Crippen LogP contribution in [-0.4, -0.2) is 52.9 Å². The van der Waals surface area contributed by atoms with Gasteiger partial charge in [0.15, 0.2) is 0 Å². The van der Waals surface area contributed by atoms with Gasteiger partial charge in [-0.05, 0) is 6.92 Å². The van der Waals surface area contributed by atoms with Crippen molar-refractivity contribution in [3.63, 3.8) is 0 Å². The third-order valence-corrected chi connectivity index (χ3v) is 2.43. The Kier molecular flexibility index (Phi) is 10.3. The van der Waals surface area contributed by atoms with Crippen LogP contribution >= 0.6 is 0 Å². The molecule has 2 fully saturated rings. The summed E-state index contributed by atoms with van der Waals surface area (Å²) in [7, 11) is 0. The van der Waals surface area contributed by atoms with Gasteiger partial charge in [-0.1, -0.05) is 35.9 Å². The topological polar surface area (TPSA) is 36.9 Å². The Morgan fingerprint density at radius 2 is 0.895 bits per heavy atom. The number of aryl methyl sites for hydroxylation is 1. The van der Waals surface area contributed by atoms with Gasteiger partial charge in [0.25, 0.3) is 0 Å². The predicted octanol–water partition coefficient (Wildman–Crippen LogP) is 2.06. The maximum atomic E-state index is 4.94. The Morgan fingerprint density at radius 1 is 0.579 bits per heavy atom. The Morgan fingerprint density at radius 3 is 1.05 bits per heavy atom. The van der Waals surface area contributed by atoms with E-state index in [9.17, 15) is 0 Å². The van der Waals surface area contributed by atoms with Crippen molar-refractivity contribution in [2.45, 2.75) is 6.92 Å². The second kappa shape index (κ2) is 12.1. The Labute approximate surface area is 115 Å². The molecule has 1 aromatic rings. The highest BCUT2D eigenvalue weighted by Gasteiger charge is 1.94. The van der Waals surface area contributed by atoms with Crippen LogP contribution in [0.3, 0.4) is 0 Å². The summed E-state index contributed by atoms with van der Waals surface area (Å²) in [6.07, 6.45) is 0. The van der Waals surface area contributed by atoms with Crippen molar-refractivity contribution in [1.82, 2.24) is 0 Å². The molecular weight excluding hydrogens is 244 g/mol. The lowest BCUT2D eigenvalue weighted by atomic mass is 10.2. The molecule has 2 heterocycles. The number of ether oxygens (including phenoxy) is 4. The molecule has 0 aromatic heterocycles. The molecule has 2 aliphatic heterocycles. The smallest absolute Gasteiger partial charge is 0.0701 e. The van der Waals surface area contributed by atoms with Crippen LogP contribution in [-0.2, 0) is 18.9 Å². The molecule has 108 valence electrons. The maximum absolute atomic E-state index is 4.94. The van der Waals surface area contributed by atoms with E-state index in [2.05, 4.69) is 19.1 Å². The monoisotopic (exact) mass is 268 g/mol. The van der Waals surface area contributed by atoms with E-state index < -0.39 is 0 Å². The highest BCUT2D eigenvalue weighted by atomic mass is 16.6. The van der Waals surface area contributed by atoms with Gasteiger partial charge in [0.2, 0.25) is 0 Å². The van der Waals surface area contributed by atoms with E-state index in [0.29, 0.717) is 0 Å². The molecule has 0 spiro atoms. The normalized spacial score (nSPS) is 18.4. The molecule has 4 nitrogen and oxygen atoms in total. The molecule has 0 aliphatic carbocycles. The van der Waals surface area contributed by atoms with E-state index in [1.807, 2.05) is 18.2 Å². The lowest BCUT2D eigenvalue weighted by Gasteiger charge is -2.09. The van der Waals surface area contributed by atoms with Crippen LogP contribution in [0.15, 0.2) is 30.3 Å². The number of rotatable bonds is 0. The van der Waals surface area contributed by atoms with Crippen molar-refractivity contribution in [1.29, 1.82) is 0 Å². The molecule has 4 heteroatoms. The van der Waals surface area contributed by atoms with E-state index >= 15 is 0 Å². The molecule has 0 bridgehead atoms. The molecule has 0 saturated carbocycles. The highest BCUT2D eigenvalue weighted by molar-refractivity contribution is 5.11. The minimum absolute atomic E-state index is 0.778. The van der Waals surface area contributed by atoms with E-state index in [4.69, 9.17) is 18.9 Å². The first-order chi connectivity index (χ1) is 9.39. The first-order valence-electron chi connectivity index (χ1n) is 6.72. The number of benzene rings is 1. The van der Waals surface area contributed by atoms with Crippen molar-refractivity contribution < 1.29 is 18.9 Å². The SMILES string of the molecule is C1COCCO1.C1COCCO1.Cc1ccccc1. The molecule has 19 heavy (non-hydrogen) atoms. The quantitative estimate of drug-likeness (QED) is 0.722. The first kappa shape index (κ1) is 16.1. The third kappa shape index (κ3) is 10.7. The third-order valence-electron chi connectivity index (χ3n) is 2.43. The van der Waals surface area contributed by atoms with E-state index in [0.717, 1.165) is 52.9 Å². The van der Waals surface area contributed by atoms with Crippen molar-refractivity contribution in [2.24, 2.45) is 0 Å². The minimum Gasteiger partial charge on any atom is -0.377 e. The second-order valence-corrected chi connectivity index (χ2v) is 4.10. The van der Waals surface area contributed by atoms with Crippen LogP contribution in [0.1, 0.15) is 5.56 Å². The minimum atomic E-state index is 0.778. The van der Waals surface area contributed by atoms with Crippen LogP contribution in [0.2, 0.25) is 0 Å². The van der Waals surface area contributed by atoms with E-state index in [-0.39, 0.29) is 0 Å².